The maximum atomic E-state index is 12.9. The van der Waals surface area contributed by atoms with Gasteiger partial charge >= 0.3 is 6.09 Å². The van der Waals surface area contributed by atoms with Crippen LogP contribution in [0.1, 0.15) is 39.7 Å². The van der Waals surface area contributed by atoms with Gasteiger partial charge in [-0.2, -0.15) is 0 Å². The predicted molar refractivity (Wildman–Crippen MR) is 104 cm³/mol. The van der Waals surface area contributed by atoms with Gasteiger partial charge in [0.15, 0.2) is 0 Å². The molecule has 0 aliphatic rings. The van der Waals surface area contributed by atoms with Crippen LogP contribution in [0.4, 0.5) is 20.8 Å². The zero-order valence-corrected chi connectivity index (χ0v) is 16.0. The molecule has 0 aliphatic carbocycles. The lowest BCUT2D eigenvalue weighted by Crippen LogP contribution is -2.37. The van der Waals surface area contributed by atoms with Crippen LogP contribution >= 0.6 is 0 Å². The summed E-state index contributed by atoms with van der Waals surface area (Å²) < 4.78 is 18.1. The van der Waals surface area contributed by atoms with Crippen LogP contribution in [0.25, 0.3) is 6.08 Å². The smallest absolute Gasteiger partial charge is 0.407 e. The monoisotopic (exact) mass is 372 g/mol. The van der Waals surface area contributed by atoms with E-state index in [9.17, 15) is 9.18 Å². The molecular formula is C20H25FN4O2. The largest absolute Gasteiger partial charge is 0.444 e. The summed E-state index contributed by atoms with van der Waals surface area (Å²) in [6, 6.07) is 5.91. The third kappa shape index (κ3) is 7.85. The van der Waals surface area contributed by atoms with Gasteiger partial charge in [0.1, 0.15) is 11.4 Å². The molecule has 1 aromatic carbocycles. The number of carbonyl (C=O) groups is 1. The van der Waals surface area contributed by atoms with Crippen LogP contribution in [0.5, 0.6) is 0 Å². The van der Waals surface area contributed by atoms with E-state index in [4.69, 9.17) is 4.74 Å². The number of hydrogen-bond donors (Lipinski definition) is 2. The minimum Gasteiger partial charge on any atom is -0.444 e. The molecule has 2 aromatic rings. The number of nitrogens with zero attached hydrogens (tertiary/aromatic N) is 2. The first-order chi connectivity index (χ1) is 12.7. The molecule has 7 heteroatoms. The van der Waals surface area contributed by atoms with Gasteiger partial charge in [-0.25, -0.2) is 19.2 Å². The van der Waals surface area contributed by atoms with E-state index in [1.54, 1.807) is 24.5 Å². The first kappa shape index (κ1) is 20.4. The van der Waals surface area contributed by atoms with E-state index in [1.807, 2.05) is 39.8 Å². The second-order valence-electron chi connectivity index (χ2n) is 7.16. The van der Waals surface area contributed by atoms with E-state index >= 15 is 0 Å². The third-order valence-corrected chi connectivity index (χ3v) is 3.34. The number of ether oxygens (including phenoxy) is 1. The van der Waals surface area contributed by atoms with Gasteiger partial charge < -0.3 is 15.4 Å². The van der Waals surface area contributed by atoms with Crippen molar-refractivity contribution >= 4 is 23.8 Å². The van der Waals surface area contributed by atoms with Gasteiger partial charge in [0, 0.05) is 29.7 Å². The molecule has 0 saturated carbocycles. The molecule has 6 nitrogen and oxygen atoms in total. The number of nitrogens with one attached hydrogen (secondary N) is 2. The van der Waals surface area contributed by atoms with Crippen molar-refractivity contribution in [3.8, 4) is 0 Å². The Hall–Kier alpha value is -2.96. The Kier molecular flexibility index (Phi) is 6.87. The summed E-state index contributed by atoms with van der Waals surface area (Å²) in [5.41, 5.74) is 1.03. The number of carbonyl (C=O) groups excluding carboxylic acids is 1. The Labute approximate surface area is 158 Å². The number of anilines is 2. The van der Waals surface area contributed by atoms with Gasteiger partial charge in [-0.3, -0.25) is 0 Å². The number of alkyl carbamates (subject to hydrolysis) is 1. The highest BCUT2D eigenvalue weighted by molar-refractivity contribution is 5.68. The van der Waals surface area contributed by atoms with Crippen LogP contribution < -0.4 is 10.6 Å². The van der Waals surface area contributed by atoms with E-state index in [0.29, 0.717) is 18.1 Å². The molecule has 2 N–H and O–H groups in total. The topological polar surface area (TPSA) is 76.1 Å². The van der Waals surface area contributed by atoms with Crippen molar-refractivity contribution in [2.75, 3.05) is 5.32 Å². The highest BCUT2D eigenvalue weighted by Crippen LogP contribution is 2.13. The van der Waals surface area contributed by atoms with Crippen LogP contribution in [-0.2, 0) is 4.74 Å². The first-order valence-electron chi connectivity index (χ1n) is 8.72. The molecule has 1 atom stereocenters. The van der Waals surface area contributed by atoms with E-state index in [1.165, 1.54) is 12.1 Å². The molecule has 27 heavy (non-hydrogen) atoms. The van der Waals surface area contributed by atoms with Crippen LogP contribution in [0.2, 0.25) is 0 Å². The summed E-state index contributed by atoms with van der Waals surface area (Å²) >= 11 is 0. The van der Waals surface area contributed by atoms with E-state index in [2.05, 4.69) is 20.6 Å². The minimum atomic E-state index is -0.513. The van der Waals surface area contributed by atoms with E-state index in [-0.39, 0.29) is 11.9 Å². The molecule has 1 heterocycles. The fourth-order valence-corrected chi connectivity index (χ4v) is 2.13. The molecule has 0 spiro atoms. The molecule has 0 radical (unpaired) electrons. The Morgan fingerprint density at radius 3 is 2.44 bits per heavy atom. The van der Waals surface area contributed by atoms with Crippen molar-refractivity contribution in [3.05, 3.63) is 54.1 Å². The Morgan fingerprint density at radius 1 is 1.22 bits per heavy atom. The third-order valence-electron chi connectivity index (χ3n) is 3.34. The van der Waals surface area contributed by atoms with Crippen molar-refractivity contribution in [2.45, 2.75) is 45.8 Å². The lowest BCUT2D eigenvalue weighted by Gasteiger charge is -2.21. The summed E-state index contributed by atoms with van der Waals surface area (Å²) in [6.45, 7) is 7.38. The lowest BCUT2D eigenvalue weighted by atomic mass is 10.2. The average Bonchev–Trinajstić information content (AvgIpc) is 2.56. The highest BCUT2D eigenvalue weighted by Gasteiger charge is 2.17. The van der Waals surface area contributed by atoms with E-state index in [0.717, 1.165) is 5.56 Å². The number of rotatable bonds is 6. The minimum absolute atomic E-state index is 0.0589. The first-order valence-corrected chi connectivity index (χ1v) is 8.72. The molecular weight excluding hydrogens is 347 g/mol. The number of aromatic nitrogens is 2. The molecule has 0 bridgehead atoms. The SMILES string of the molecule is C[C@@H](C/C=C/c1cnc(Nc2ccc(F)cc2)nc1)NC(=O)OC(C)(C)C. The van der Waals surface area contributed by atoms with Gasteiger partial charge in [0.05, 0.1) is 0 Å². The lowest BCUT2D eigenvalue weighted by molar-refractivity contribution is 0.0509. The fraction of sp³-hybridized carbons (Fsp3) is 0.350. The van der Waals surface area contributed by atoms with Gasteiger partial charge in [0.25, 0.3) is 0 Å². The summed E-state index contributed by atoms with van der Waals surface area (Å²) in [6.07, 6.45) is 7.41. The van der Waals surface area contributed by atoms with Crippen LogP contribution in [0.3, 0.4) is 0 Å². The molecule has 0 unspecified atom stereocenters. The van der Waals surface area contributed by atoms with Crippen LogP contribution in [0.15, 0.2) is 42.7 Å². The predicted octanol–water partition coefficient (Wildman–Crippen LogP) is 4.68. The highest BCUT2D eigenvalue weighted by atomic mass is 19.1. The summed E-state index contributed by atoms with van der Waals surface area (Å²) in [4.78, 5) is 20.2. The fourth-order valence-electron chi connectivity index (χ4n) is 2.13. The molecule has 1 amide bonds. The molecule has 144 valence electrons. The normalized spacial score (nSPS) is 12.6. The second-order valence-corrected chi connectivity index (χ2v) is 7.16. The van der Waals surface area contributed by atoms with Crippen molar-refractivity contribution in [2.24, 2.45) is 0 Å². The Morgan fingerprint density at radius 2 is 1.85 bits per heavy atom. The van der Waals surface area contributed by atoms with Gasteiger partial charge in [-0.05, 0) is 58.4 Å². The van der Waals surface area contributed by atoms with Crippen molar-refractivity contribution in [1.82, 2.24) is 15.3 Å². The molecule has 0 saturated heterocycles. The average molecular weight is 372 g/mol. The summed E-state index contributed by atoms with van der Waals surface area (Å²) in [7, 11) is 0. The zero-order chi connectivity index (χ0) is 19.9. The van der Waals surface area contributed by atoms with Crippen LogP contribution in [-0.4, -0.2) is 27.7 Å². The van der Waals surface area contributed by atoms with Crippen molar-refractivity contribution in [1.29, 1.82) is 0 Å². The Balaban J connectivity index is 1.81. The molecule has 0 aliphatic heterocycles. The number of hydrogen-bond acceptors (Lipinski definition) is 5. The second kappa shape index (κ2) is 9.12. The molecule has 0 fully saturated rings. The maximum absolute atomic E-state index is 12.9. The maximum Gasteiger partial charge on any atom is 0.407 e. The number of amides is 1. The zero-order valence-electron chi connectivity index (χ0n) is 16.0. The number of benzene rings is 1. The van der Waals surface area contributed by atoms with Gasteiger partial charge in [-0.15, -0.1) is 0 Å². The van der Waals surface area contributed by atoms with Crippen molar-refractivity contribution in [3.63, 3.8) is 0 Å². The van der Waals surface area contributed by atoms with Gasteiger partial charge in [0.2, 0.25) is 5.95 Å². The van der Waals surface area contributed by atoms with Gasteiger partial charge in [-0.1, -0.05) is 12.2 Å². The van der Waals surface area contributed by atoms with E-state index < -0.39 is 11.7 Å². The number of halogens is 1. The standard InChI is InChI=1S/C20H25FN4O2/c1-14(24-19(26)27-20(2,3)4)6-5-7-15-12-22-18(23-13-15)25-17-10-8-16(21)9-11-17/h5,7-14H,6H2,1-4H3,(H,24,26)(H,22,23,25)/b7-5+/t14-/m0/s1. The van der Waals surface area contributed by atoms with Crippen LogP contribution in [0, 0.1) is 5.82 Å². The summed E-state index contributed by atoms with van der Waals surface area (Å²) in [5.74, 6) is 0.135. The quantitative estimate of drug-likeness (QED) is 0.770. The summed E-state index contributed by atoms with van der Waals surface area (Å²) in [5, 5.41) is 5.78. The molecule has 1 aromatic heterocycles. The molecule has 2 rings (SSSR count). The Bertz CT molecular complexity index is 768. The van der Waals surface area contributed by atoms with Crippen molar-refractivity contribution < 1.29 is 13.9 Å².